The number of aliphatic hydroxyl groups is 1. The van der Waals surface area contributed by atoms with Gasteiger partial charge in [0.1, 0.15) is 5.60 Å². The number of hydrogen-bond donors (Lipinski definition) is 3. The highest BCUT2D eigenvalue weighted by molar-refractivity contribution is 5.90. The third-order valence-electron chi connectivity index (χ3n) is 1.81. The third kappa shape index (κ3) is 1.32. The molecule has 0 aromatic heterocycles. The summed E-state index contributed by atoms with van der Waals surface area (Å²) in [6.45, 7) is 1.32. The number of carbonyl (C=O) groups excluding carboxylic acids is 1. The van der Waals surface area contributed by atoms with Gasteiger partial charge in [-0.05, 0) is 6.92 Å². The van der Waals surface area contributed by atoms with Crippen LogP contribution >= 0.6 is 0 Å². The number of rotatable bonds is 2. The first-order chi connectivity index (χ1) is 4.97. The Morgan fingerprint density at radius 3 is 2.55 bits per heavy atom. The van der Waals surface area contributed by atoms with Crippen molar-refractivity contribution < 1.29 is 9.90 Å². The number of carbonyl (C=O) groups is 1. The van der Waals surface area contributed by atoms with Crippen LogP contribution < -0.4 is 11.5 Å². The zero-order valence-corrected chi connectivity index (χ0v) is 6.24. The van der Waals surface area contributed by atoms with Crippen molar-refractivity contribution in [2.45, 2.75) is 25.0 Å². The molecule has 0 amide bonds. The average Bonchev–Trinajstić information content (AvgIpc) is 2.42. The highest BCUT2D eigenvalue weighted by Gasteiger charge is 2.57. The molecule has 1 saturated carbocycles. The van der Waals surface area contributed by atoms with Gasteiger partial charge in [-0.1, -0.05) is 0 Å². The molecule has 0 aliphatic heterocycles. The first kappa shape index (κ1) is 8.00. The number of aliphatic imine (C=N–C) groups is 1. The van der Waals surface area contributed by atoms with Crippen LogP contribution in [0.3, 0.4) is 0 Å². The van der Waals surface area contributed by atoms with Crippen molar-refractivity contribution in [1.29, 1.82) is 0 Å². The van der Waals surface area contributed by atoms with Gasteiger partial charge in [0.2, 0.25) is 0 Å². The fraction of sp³-hybridized carbons (Fsp3) is 0.667. The van der Waals surface area contributed by atoms with E-state index in [-0.39, 0.29) is 11.7 Å². The van der Waals surface area contributed by atoms with E-state index < -0.39 is 11.6 Å². The Bertz CT molecular complexity index is 222. The molecule has 0 saturated heterocycles. The fourth-order valence-electron chi connectivity index (χ4n) is 0.947. The zero-order valence-electron chi connectivity index (χ0n) is 6.24. The van der Waals surface area contributed by atoms with Gasteiger partial charge in [0.15, 0.2) is 11.7 Å². The lowest BCUT2D eigenvalue weighted by atomic mass is 10.2. The van der Waals surface area contributed by atoms with Crippen LogP contribution in [0.15, 0.2) is 4.99 Å². The monoisotopic (exact) mass is 157 g/mol. The molecule has 1 rings (SSSR count). The summed E-state index contributed by atoms with van der Waals surface area (Å²) in [5.41, 5.74) is 8.83. The summed E-state index contributed by atoms with van der Waals surface area (Å²) in [6.07, 6.45) is 0.334. The van der Waals surface area contributed by atoms with Gasteiger partial charge in [-0.25, -0.2) is 4.99 Å². The molecule has 1 fully saturated rings. The van der Waals surface area contributed by atoms with Crippen molar-refractivity contribution in [2.75, 3.05) is 0 Å². The van der Waals surface area contributed by atoms with E-state index >= 15 is 0 Å². The van der Waals surface area contributed by atoms with Gasteiger partial charge < -0.3 is 16.6 Å². The molecule has 0 aromatic rings. The van der Waals surface area contributed by atoms with Crippen molar-refractivity contribution in [3.05, 3.63) is 0 Å². The maximum Gasteiger partial charge on any atom is 0.186 e. The van der Waals surface area contributed by atoms with Gasteiger partial charge in [0, 0.05) is 6.42 Å². The second-order valence-electron chi connectivity index (χ2n) is 2.75. The number of guanidine groups is 1. The molecule has 1 unspecified atom stereocenters. The van der Waals surface area contributed by atoms with Gasteiger partial charge in [-0.3, -0.25) is 4.79 Å². The maximum atomic E-state index is 10.7. The Labute approximate surface area is 64.1 Å². The molecule has 0 aromatic carbocycles. The largest absolute Gasteiger partial charge is 0.380 e. The summed E-state index contributed by atoms with van der Waals surface area (Å²) < 4.78 is 0. The minimum atomic E-state index is -1.29. The molecule has 5 N–H and O–H groups in total. The predicted molar refractivity (Wildman–Crippen MR) is 39.8 cm³/mol. The molecule has 1 aliphatic carbocycles. The molecular weight excluding hydrogens is 146 g/mol. The summed E-state index contributed by atoms with van der Waals surface area (Å²) in [6, 6.07) is -0.426. The molecule has 5 heteroatoms. The molecule has 0 bridgehead atoms. The van der Waals surface area contributed by atoms with E-state index in [2.05, 4.69) is 4.99 Å². The maximum absolute atomic E-state index is 10.7. The predicted octanol–water partition coefficient (Wildman–Crippen LogP) is -1.65. The third-order valence-corrected chi connectivity index (χ3v) is 1.81. The fourth-order valence-corrected chi connectivity index (χ4v) is 0.947. The molecule has 5 nitrogen and oxygen atoms in total. The highest BCUT2D eigenvalue weighted by atomic mass is 16.3. The first-order valence-corrected chi connectivity index (χ1v) is 3.29. The quantitative estimate of drug-likeness (QED) is 0.330. The Hall–Kier alpha value is -1.10. The van der Waals surface area contributed by atoms with E-state index in [1.54, 1.807) is 0 Å². The van der Waals surface area contributed by atoms with Crippen LogP contribution in [-0.2, 0) is 4.79 Å². The molecule has 0 radical (unpaired) electrons. The van der Waals surface area contributed by atoms with Gasteiger partial charge in [0.05, 0.1) is 6.04 Å². The highest BCUT2D eigenvalue weighted by Crippen LogP contribution is 2.39. The van der Waals surface area contributed by atoms with Crippen LogP contribution in [0, 0.1) is 0 Å². The Balaban J connectivity index is 2.61. The minimum absolute atomic E-state index is 0.0906. The van der Waals surface area contributed by atoms with Gasteiger partial charge in [-0.15, -0.1) is 0 Å². The van der Waals surface area contributed by atoms with E-state index in [0.717, 1.165) is 0 Å². The SMILES string of the molecule is CC(=O)[C@@]1(O)CC1N=C(N)N. The Kier molecular flexibility index (Phi) is 1.60. The minimum Gasteiger partial charge on any atom is -0.380 e. The Morgan fingerprint density at radius 2 is 2.27 bits per heavy atom. The van der Waals surface area contributed by atoms with Crippen LogP contribution in [0.4, 0.5) is 0 Å². The molecular formula is C6H11N3O2. The van der Waals surface area contributed by atoms with Crippen LogP contribution in [0.1, 0.15) is 13.3 Å². The smallest absolute Gasteiger partial charge is 0.186 e. The van der Waals surface area contributed by atoms with Crippen molar-refractivity contribution >= 4 is 11.7 Å². The average molecular weight is 157 g/mol. The number of hydrogen-bond acceptors (Lipinski definition) is 3. The summed E-state index contributed by atoms with van der Waals surface area (Å²) in [4.78, 5) is 14.4. The van der Waals surface area contributed by atoms with Crippen LogP contribution in [-0.4, -0.2) is 28.5 Å². The second kappa shape index (κ2) is 2.20. The zero-order chi connectivity index (χ0) is 8.65. The first-order valence-electron chi connectivity index (χ1n) is 3.29. The summed E-state index contributed by atoms with van der Waals surface area (Å²) in [7, 11) is 0. The van der Waals surface area contributed by atoms with Crippen molar-refractivity contribution in [2.24, 2.45) is 16.5 Å². The molecule has 0 heterocycles. The molecule has 2 atom stereocenters. The van der Waals surface area contributed by atoms with Crippen molar-refractivity contribution in [3.8, 4) is 0 Å². The summed E-state index contributed by atoms with van der Waals surface area (Å²) in [5.74, 6) is -0.375. The van der Waals surface area contributed by atoms with E-state index in [1.165, 1.54) is 6.92 Å². The van der Waals surface area contributed by atoms with Crippen molar-refractivity contribution in [1.82, 2.24) is 0 Å². The van der Waals surface area contributed by atoms with Gasteiger partial charge >= 0.3 is 0 Å². The molecule has 0 spiro atoms. The summed E-state index contributed by atoms with van der Waals surface area (Å²) >= 11 is 0. The molecule has 1 aliphatic rings. The number of nitrogens with zero attached hydrogens (tertiary/aromatic N) is 1. The Morgan fingerprint density at radius 1 is 1.73 bits per heavy atom. The van der Waals surface area contributed by atoms with E-state index in [4.69, 9.17) is 11.5 Å². The van der Waals surface area contributed by atoms with E-state index in [1.807, 2.05) is 0 Å². The topological polar surface area (TPSA) is 102 Å². The van der Waals surface area contributed by atoms with E-state index in [9.17, 15) is 9.90 Å². The van der Waals surface area contributed by atoms with Gasteiger partial charge in [-0.2, -0.15) is 0 Å². The number of nitrogens with two attached hydrogens (primary N) is 2. The normalized spacial score (nSPS) is 34.5. The number of ketones is 1. The van der Waals surface area contributed by atoms with E-state index in [0.29, 0.717) is 6.42 Å². The van der Waals surface area contributed by atoms with Gasteiger partial charge in [0.25, 0.3) is 0 Å². The summed E-state index contributed by atoms with van der Waals surface area (Å²) in [5, 5.41) is 9.35. The lowest BCUT2D eigenvalue weighted by molar-refractivity contribution is -0.127. The number of Topliss-reactive ketones (excluding diaryl/α,β-unsaturated/α-hetero) is 1. The standard InChI is InChI=1S/C6H11N3O2/c1-3(10)6(11)2-4(6)9-5(7)8/h4,11H,2H2,1H3,(H4,7,8,9)/t4?,6-/m0/s1. The van der Waals surface area contributed by atoms with Crippen LogP contribution in [0.2, 0.25) is 0 Å². The van der Waals surface area contributed by atoms with Crippen LogP contribution in [0.5, 0.6) is 0 Å². The molecule has 11 heavy (non-hydrogen) atoms. The molecule has 62 valence electrons. The lowest BCUT2D eigenvalue weighted by Gasteiger charge is -2.01. The second-order valence-corrected chi connectivity index (χ2v) is 2.75. The van der Waals surface area contributed by atoms with Crippen LogP contribution in [0.25, 0.3) is 0 Å². The van der Waals surface area contributed by atoms with Crippen molar-refractivity contribution in [3.63, 3.8) is 0 Å². The lowest BCUT2D eigenvalue weighted by Crippen LogP contribution is -2.27.